The fourth-order valence-corrected chi connectivity index (χ4v) is 4.50. The maximum atomic E-state index is 12.1. The lowest BCUT2D eigenvalue weighted by Gasteiger charge is -2.08. The molecule has 0 aliphatic heterocycles. The molecule has 0 atom stereocenters. The first-order valence-electron chi connectivity index (χ1n) is 8.69. The van der Waals surface area contributed by atoms with Crippen LogP contribution in [0, 0.1) is 0 Å². The number of thioether (sulfide) groups is 1. The number of nitrogens with zero attached hydrogens (tertiary/aromatic N) is 2. The van der Waals surface area contributed by atoms with E-state index in [0.717, 1.165) is 37.9 Å². The monoisotopic (exact) mass is 372 g/mol. The minimum Gasteiger partial charge on any atom is -0.423 e. The van der Waals surface area contributed by atoms with Crippen molar-refractivity contribution in [3.05, 3.63) is 82.7 Å². The summed E-state index contributed by atoms with van der Waals surface area (Å²) in [5.41, 5.74) is 3.35. The van der Waals surface area contributed by atoms with Crippen molar-refractivity contribution < 1.29 is 4.42 Å². The summed E-state index contributed by atoms with van der Waals surface area (Å²) in [6.45, 7) is 0. The molecule has 5 rings (SSSR count). The van der Waals surface area contributed by atoms with Crippen LogP contribution >= 0.6 is 11.8 Å². The first kappa shape index (κ1) is 16.1. The minimum atomic E-state index is -0.321. The lowest BCUT2D eigenvalue weighted by molar-refractivity contribution is 0.560. The fraction of sp³-hybridized carbons (Fsp3) is 0.0909. The van der Waals surface area contributed by atoms with Crippen molar-refractivity contribution in [3.63, 3.8) is 0 Å². The number of fused-ring (bicyclic) bond motifs is 4. The van der Waals surface area contributed by atoms with E-state index in [9.17, 15) is 4.79 Å². The van der Waals surface area contributed by atoms with Crippen molar-refractivity contribution in [3.8, 4) is 0 Å². The zero-order chi connectivity index (χ0) is 18.4. The normalized spacial score (nSPS) is 11.6. The highest BCUT2D eigenvalue weighted by molar-refractivity contribution is 7.98. The molecular formula is C22H16N2O2S. The first-order valence-corrected chi connectivity index (χ1v) is 9.68. The zero-order valence-corrected chi connectivity index (χ0v) is 15.5. The maximum absolute atomic E-state index is 12.1. The summed E-state index contributed by atoms with van der Waals surface area (Å²) in [6.07, 6.45) is 0. The molecule has 0 saturated carbocycles. The molecule has 0 N–H and O–H groups in total. The number of para-hydroxylation sites is 2. The summed E-state index contributed by atoms with van der Waals surface area (Å²) in [4.78, 5) is 16.8. The summed E-state index contributed by atoms with van der Waals surface area (Å²) in [5.74, 6) is 0.646. The second-order valence-electron chi connectivity index (χ2n) is 6.48. The van der Waals surface area contributed by atoms with Gasteiger partial charge in [0.05, 0.1) is 11.0 Å². The molecule has 5 heteroatoms. The molecule has 27 heavy (non-hydrogen) atoms. The molecule has 0 aliphatic carbocycles. The van der Waals surface area contributed by atoms with E-state index < -0.39 is 0 Å². The highest BCUT2D eigenvalue weighted by atomic mass is 32.2. The third kappa shape index (κ3) is 2.71. The van der Waals surface area contributed by atoms with E-state index in [4.69, 9.17) is 9.40 Å². The molecule has 0 aliphatic rings. The number of aromatic nitrogens is 2. The van der Waals surface area contributed by atoms with Crippen molar-refractivity contribution >= 4 is 44.5 Å². The molecule has 5 aromatic rings. The lowest BCUT2D eigenvalue weighted by atomic mass is 10.0. The summed E-state index contributed by atoms with van der Waals surface area (Å²) in [7, 11) is 2.02. The summed E-state index contributed by atoms with van der Waals surface area (Å²) in [5, 5.41) is 4.16. The third-order valence-corrected chi connectivity index (χ3v) is 5.90. The average Bonchev–Trinajstić information content (AvgIpc) is 3.01. The Morgan fingerprint density at radius 3 is 2.74 bits per heavy atom. The van der Waals surface area contributed by atoms with Crippen LogP contribution in [-0.4, -0.2) is 9.55 Å². The maximum Gasteiger partial charge on any atom is 0.336 e. The van der Waals surface area contributed by atoms with Crippen LogP contribution in [0.4, 0.5) is 0 Å². The Morgan fingerprint density at radius 1 is 1.04 bits per heavy atom. The van der Waals surface area contributed by atoms with E-state index in [1.54, 1.807) is 17.8 Å². The van der Waals surface area contributed by atoms with E-state index in [2.05, 4.69) is 22.8 Å². The Kier molecular flexibility index (Phi) is 3.76. The topological polar surface area (TPSA) is 48.0 Å². The largest absolute Gasteiger partial charge is 0.423 e. The van der Waals surface area contributed by atoms with Crippen molar-refractivity contribution in [2.75, 3.05) is 0 Å². The van der Waals surface area contributed by atoms with E-state index in [1.807, 2.05) is 49.5 Å². The zero-order valence-electron chi connectivity index (χ0n) is 14.7. The molecule has 0 fully saturated rings. The summed E-state index contributed by atoms with van der Waals surface area (Å²) in [6, 6.07) is 21.7. The predicted octanol–water partition coefficient (Wildman–Crippen LogP) is 5.13. The van der Waals surface area contributed by atoms with Gasteiger partial charge < -0.3 is 8.98 Å². The quantitative estimate of drug-likeness (QED) is 0.250. The summed E-state index contributed by atoms with van der Waals surface area (Å²) < 4.78 is 7.54. The van der Waals surface area contributed by atoms with Crippen LogP contribution in [0.25, 0.3) is 32.8 Å². The van der Waals surface area contributed by atoms with Crippen molar-refractivity contribution in [1.29, 1.82) is 0 Å². The Bertz CT molecular complexity index is 1370. The predicted molar refractivity (Wildman–Crippen MR) is 110 cm³/mol. The van der Waals surface area contributed by atoms with Crippen LogP contribution in [0.2, 0.25) is 0 Å². The molecule has 0 amide bonds. The van der Waals surface area contributed by atoms with Crippen LogP contribution in [-0.2, 0) is 12.8 Å². The van der Waals surface area contributed by atoms with E-state index in [1.165, 1.54) is 0 Å². The van der Waals surface area contributed by atoms with E-state index in [0.29, 0.717) is 11.3 Å². The Hall–Kier alpha value is -3.05. The molecule has 3 aromatic carbocycles. The molecule has 0 saturated heterocycles. The number of hydrogen-bond donors (Lipinski definition) is 0. The van der Waals surface area contributed by atoms with Gasteiger partial charge in [-0.1, -0.05) is 54.2 Å². The Labute approximate surface area is 159 Å². The summed E-state index contributed by atoms with van der Waals surface area (Å²) >= 11 is 1.63. The second kappa shape index (κ2) is 6.28. The highest BCUT2D eigenvalue weighted by Crippen LogP contribution is 2.32. The molecule has 0 bridgehead atoms. The number of benzene rings is 3. The minimum absolute atomic E-state index is 0.321. The standard InChI is InChI=1S/C22H16N2O2S/c1-24-18-9-5-4-8-17(18)23-22(24)27-13-15-12-20(25)26-19-11-10-14-6-2-3-7-16(14)21(15)19/h2-12H,13H2,1H3. The van der Waals surface area contributed by atoms with Crippen LogP contribution in [0.5, 0.6) is 0 Å². The molecule has 0 unspecified atom stereocenters. The molecule has 4 nitrogen and oxygen atoms in total. The first-order chi connectivity index (χ1) is 13.2. The van der Waals surface area contributed by atoms with E-state index in [-0.39, 0.29) is 5.63 Å². The molecule has 2 heterocycles. The van der Waals surface area contributed by atoms with Gasteiger partial charge in [-0.15, -0.1) is 0 Å². The van der Waals surface area contributed by atoms with Gasteiger partial charge in [-0.3, -0.25) is 0 Å². The average molecular weight is 372 g/mol. The molecule has 0 radical (unpaired) electrons. The van der Waals surface area contributed by atoms with Gasteiger partial charge in [0.2, 0.25) is 0 Å². The van der Waals surface area contributed by atoms with Crippen molar-refractivity contribution in [1.82, 2.24) is 9.55 Å². The number of imidazole rings is 1. The van der Waals surface area contributed by atoms with Gasteiger partial charge in [0.25, 0.3) is 0 Å². The number of rotatable bonds is 3. The van der Waals surface area contributed by atoms with Gasteiger partial charge in [0.15, 0.2) is 5.16 Å². The highest BCUT2D eigenvalue weighted by Gasteiger charge is 2.12. The van der Waals surface area contributed by atoms with Gasteiger partial charge in [0.1, 0.15) is 5.58 Å². The molecule has 132 valence electrons. The lowest BCUT2D eigenvalue weighted by Crippen LogP contribution is -2.01. The Morgan fingerprint density at radius 2 is 1.85 bits per heavy atom. The molecule has 0 spiro atoms. The van der Waals surface area contributed by atoms with Gasteiger partial charge in [-0.2, -0.15) is 0 Å². The van der Waals surface area contributed by atoms with Crippen LogP contribution in [0.1, 0.15) is 5.56 Å². The van der Waals surface area contributed by atoms with E-state index >= 15 is 0 Å². The van der Waals surface area contributed by atoms with Gasteiger partial charge in [0, 0.05) is 24.3 Å². The van der Waals surface area contributed by atoms with Gasteiger partial charge in [-0.25, -0.2) is 9.78 Å². The van der Waals surface area contributed by atoms with Crippen LogP contribution < -0.4 is 5.63 Å². The van der Waals surface area contributed by atoms with Gasteiger partial charge in [-0.05, 0) is 34.5 Å². The van der Waals surface area contributed by atoms with Crippen LogP contribution in [0.15, 0.2) is 81.1 Å². The van der Waals surface area contributed by atoms with Crippen LogP contribution in [0.3, 0.4) is 0 Å². The van der Waals surface area contributed by atoms with Crippen molar-refractivity contribution in [2.24, 2.45) is 7.05 Å². The fourth-order valence-electron chi connectivity index (χ4n) is 3.53. The van der Waals surface area contributed by atoms with Gasteiger partial charge >= 0.3 is 5.63 Å². The Balaban J connectivity index is 1.63. The molecular weight excluding hydrogens is 356 g/mol. The number of hydrogen-bond acceptors (Lipinski definition) is 4. The van der Waals surface area contributed by atoms with Crippen molar-refractivity contribution in [2.45, 2.75) is 10.9 Å². The smallest absolute Gasteiger partial charge is 0.336 e. The molecule has 2 aromatic heterocycles. The SMILES string of the molecule is Cn1c(SCc2cc(=O)oc3ccc4ccccc4c23)nc2ccccc21. The second-order valence-corrected chi connectivity index (χ2v) is 7.42. The third-order valence-electron chi connectivity index (χ3n) is 4.82. The number of aryl methyl sites for hydroxylation is 1.